The van der Waals surface area contributed by atoms with E-state index in [9.17, 15) is 9.18 Å². The minimum Gasteiger partial charge on any atom is -0.444 e. The molecule has 0 atom stereocenters. The maximum Gasteiger partial charge on any atom is 0.252 e. The molecule has 0 aliphatic carbocycles. The summed E-state index contributed by atoms with van der Waals surface area (Å²) in [6, 6.07) is 3.94. The van der Waals surface area contributed by atoms with Gasteiger partial charge < -0.3 is 9.73 Å². The zero-order valence-electron chi connectivity index (χ0n) is 10.2. The summed E-state index contributed by atoms with van der Waals surface area (Å²) in [4.78, 5) is 15.9. The molecule has 0 fully saturated rings. The van der Waals surface area contributed by atoms with Crippen molar-refractivity contribution in [1.29, 1.82) is 0 Å². The van der Waals surface area contributed by atoms with Crippen molar-refractivity contribution in [2.75, 3.05) is 0 Å². The monoisotopic (exact) mass is 326 g/mol. The molecule has 0 saturated heterocycles. The Morgan fingerprint density at radius 1 is 1.53 bits per heavy atom. The van der Waals surface area contributed by atoms with Crippen molar-refractivity contribution < 1.29 is 13.6 Å². The van der Waals surface area contributed by atoms with Crippen LogP contribution < -0.4 is 5.32 Å². The molecule has 2 rings (SSSR count). The molecule has 100 valence electrons. The Kier molecular flexibility index (Phi) is 4.31. The summed E-state index contributed by atoms with van der Waals surface area (Å²) in [5, 5.41) is 2.63. The third kappa shape index (κ3) is 3.41. The average Bonchev–Trinajstić information content (AvgIpc) is 2.87. The Balaban J connectivity index is 2.03. The third-order valence-electron chi connectivity index (χ3n) is 2.52. The first-order chi connectivity index (χ1) is 9.10. The highest BCUT2D eigenvalue weighted by Crippen LogP contribution is 2.17. The number of amides is 1. The molecule has 6 heteroatoms. The van der Waals surface area contributed by atoms with Crippen LogP contribution in [0, 0.1) is 5.82 Å². The van der Waals surface area contributed by atoms with E-state index >= 15 is 0 Å². The first-order valence-corrected chi connectivity index (χ1v) is 6.56. The zero-order chi connectivity index (χ0) is 13.8. The minimum atomic E-state index is -0.460. The number of nitrogens with one attached hydrogen (secondary N) is 1. The van der Waals surface area contributed by atoms with Crippen molar-refractivity contribution >= 4 is 21.8 Å². The lowest BCUT2D eigenvalue weighted by atomic mass is 10.2. The number of hydrogen-bond donors (Lipinski definition) is 1. The number of oxazole rings is 1. The van der Waals surface area contributed by atoms with E-state index in [0.29, 0.717) is 10.4 Å². The molecular weight excluding hydrogens is 315 g/mol. The van der Waals surface area contributed by atoms with Gasteiger partial charge in [-0.15, -0.1) is 0 Å². The van der Waals surface area contributed by atoms with E-state index < -0.39 is 5.82 Å². The standard InChI is InChI=1S/C13H12BrFN2O2/c1-2-9-6-16-12(19-9)7-17-13(18)10-5-8(15)3-4-11(10)14/h3-6H,2,7H2,1H3,(H,17,18). The molecule has 0 aliphatic heterocycles. The number of nitrogens with zero attached hydrogens (tertiary/aromatic N) is 1. The van der Waals surface area contributed by atoms with Crippen molar-refractivity contribution in [1.82, 2.24) is 10.3 Å². The van der Waals surface area contributed by atoms with E-state index in [2.05, 4.69) is 26.2 Å². The van der Waals surface area contributed by atoms with E-state index in [1.54, 1.807) is 6.20 Å². The summed E-state index contributed by atoms with van der Waals surface area (Å²) < 4.78 is 19.0. The number of carbonyl (C=O) groups excluding carboxylic acids is 1. The van der Waals surface area contributed by atoms with E-state index in [4.69, 9.17) is 4.42 Å². The van der Waals surface area contributed by atoms with Gasteiger partial charge >= 0.3 is 0 Å². The smallest absolute Gasteiger partial charge is 0.252 e. The third-order valence-corrected chi connectivity index (χ3v) is 3.21. The number of benzene rings is 1. The van der Waals surface area contributed by atoms with Crippen LogP contribution in [0.25, 0.3) is 0 Å². The molecule has 0 spiro atoms. The van der Waals surface area contributed by atoms with Gasteiger partial charge in [0.2, 0.25) is 5.89 Å². The lowest BCUT2D eigenvalue weighted by Gasteiger charge is -2.05. The SMILES string of the molecule is CCc1cnc(CNC(=O)c2cc(F)ccc2Br)o1. The molecule has 2 aromatic rings. The topological polar surface area (TPSA) is 55.1 Å². The van der Waals surface area contributed by atoms with Crippen LogP contribution in [-0.2, 0) is 13.0 Å². The Morgan fingerprint density at radius 3 is 3.00 bits per heavy atom. The van der Waals surface area contributed by atoms with E-state index in [-0.39, 0.29) is 18.0 Å². The van der Waals surface area contributed by atoms with Gasteiger partial charge in [0, 0.05) is 10.9 Å². The minimum absolute atomic E-state index is 0.168. The van der Waals surface area contributed by atoms with Crippen molar-refractivity contribution in [3.05, 3.63) is 51.9 Å². The van der Waals surface area contributed by atoms with Crippen molar-refractivity contribution in [3.63, 3.8) is 0 Å². The highest BCUT2D eigenvalue weighted by Gasteiger charge is 2.12. The number of aromatic nitrogens is 1. The fraction of sp³-hybridized carbons (Fsp3) is 0.231. The molecule has 0 aliphatic rings. The molecule has 4 nitrogen and oxygen atoms in total. The number of hydrogen-bond acceptors (Lipinski definition) is 3. The Hall–Kier alpha value is -1.69. The summed E-state index contributed by atoms with van der Waals surface area (Å²) in [5.74, 6) is 0.342. The lowest BCUT2D eigenvalue weighted by Crippen LogP contribution is -2.23. The van der Waals surface area contributed by atoms with E-state index in [1.165, 1.54) is 18.2 Å². The van der Waals surface area contributed by atoms with Crippen LogP contribution in [0.2, 0.25) is 0 Å². The molecule has 1 amide bonds. The molecular formula is C13H12BrFN2O2. The van der Waals surface area contributed by atoms with Crippen molar-refractivity contribution in [2.45, 2.75) is 19.9 Å². The molecule has 0 radical (unpaired) electrons. The summed E-state index contributed by atoms with van der Waals surface area (Å²) in [7, 11) is 0. The highest BCUT2D eigenvalue weighted by molar-refractivity contribution is 9.10. The molecule has 0 bridgehead atoms. The van der Waals surface area contributed by atoms with Gasteiger partial charge in [0.25, 0.3) is 5.91 Å². The molecule has 1 aromatic carbocycles. The summed E-state index contributed by atoms with van der Waals surface area (Å²) in [6.07, 6.45) is 2.37. The van der Waals surface area contributed by atoms with Gasteiger partial charge in [-0.05, 0) is 34.1 Å². The molecule has 19 heavy (non-hydrogen) atoms. The van der Waals surface area contributed by atoms with Crippen LogP contribution >= 0.6 is 15.9 Å². The number of carbonyl (C=O) groups is 1. The van der Waals surface area contributed by atoms with Gasteiger partial charge in [0.05, 0.1) is 18.3 Å². The second-order valence-corrected chi connectivity index (χ2v) is 4.74. The second kappa shape index (κ2) is 5.97. The van der Waals surface area contributed by atoms with Gasteiger partial charge in [-0.1, -0.05) is 6.92 Å². The van der Waals surface area contributed by atoms with Gasteiger partial charge in [-0.25, -0.2) is 9.37 Å². The maximum atomic E-state index is 13.1. The summed E-state index contributed by atoms with van der Waals surface area (Å²) in [5.41, 5.74) is 0.238. The Labute approximate surface area is 118 Å². The zero-order valence-corrected chi connectivity index (χ0v) is 11.8. The first kappa shape index (κ1) is 13.7. The fourth-order valence-electron chi connectivity index (χ4n) is 1.52. The van der Waals surface area contributed by atoms with Crippen LogP contribution in [0.3, 0.4) is 0 Å². The van der Waals surface area contributed by atoms with Crippen LogP contribution in [0.4, 0.5) is 4.39 Å². The molecule has 0 unspecified atom stereocenters. The van der Waals surface area contributed by atoms with E-state index in [0.717, 1.165) is 12.2 Å². The maximum absolute atomic E-state index is 13.1. The van der Waals surface area contributed by atoms with Gasteiger partial charge in [0.15, 0.2) is 0 Å². The second-order valence-electron chi connectivity index (χ2n) is 3.88. The van der Waals surface area contributed by atoms with Gasteiger partial charge in [-0.2, -0.15) is 0 Å². The van der Waals surface area contributed by atoms with Crippen molar-refractivity contribution in [3.8, 4) is 0 Å². The van der Waals surface area contributed by atoms with Gasteiger partial charge in [-0.3, -0.25) is 4.79 Å². The Morgan fingerprint density at radius 2 is 2.32 bits per heavy atom. The summed E-state index contributed by atoms with van der Waals surface area (Å²) in [6.45, 7) is 2.12. The number of halogens is 2. The highest BCUT2D eigenvalue weighted by atomic mass is 79.9. The number of aryl methyl sites for hydroxylation is 1. The normalized spacial score (nSPS) is 10.5. The lowest BCUT2D eigenvalue weighted by molar-refractivity contribution is 0.0946. The molecule has 1 aromatic heterocycles. The molecule has 1 heterocycles. The largest absolute Gasteiger partial charge is 0.444 e. The average molecular weight is 327 g/mol. The van der Waals surface area contributed by atoms with Crippen LogP contribution in [-0.4, -0.2) is 10.9 Å². The molecule has 0 saturated carbocycles. The van der Waals surface area contributed by atoms with Crippen molar-refractivity contribution in [2.24, 2.45) is 0 Å². The quantitative estimate of drug-likeness (QED) is 0.939. The van der Waals surface area contributed by atoms with E-state index in [1.807, 2.05) is 6.92 Å². The fourth-order valence-corrected chi connectivity index (χ4v) is 1.94. The predicted octanol–water partition coefficient (Wildman–Crippen LogP) is 3.07. The van der Waals surface area contributed by atoms with Crippen LogP contribution in [0.1, 0.15) is 28.9 Å². The van der Waals surface area contributed by atoms with Gasteiger partial charge in [0.1, 0.15) is 11.6 Å². The number of rotatable bonds is 4. The summed E-state index contributed by atoms with van der Waals surface area (Å²) >= 11 is 3.21. The Bertz CT molecular complexity index is 598. The first-order valence-electron chi connectivity index (χ1n) is 5.77. The van der Waals surface area contributed by atoms with Crippen LogP contribution in [0.5, 0.6) is 0 Å². The molecule has 1 N–H and O–H groups in total. The van der Waals surface area contributed by atoms with Crippen LogP contribution in [0.15, 0.2) is 33.3 Å². The predicted molar refractivity (Wildman–Crippen MR) is 71.2 cm³/mol.